The average Bonchev–Trinajstić information content (AvgIpc) is 2.65. The second-order valence-corrected chi connectivity index (χ2v) is 6.73. The fraction of sp³-hybridized carbons (Fsp3) is 0.500. The molecule has 0 radical (unpaired) electrons. The third kappa shape index (κ3) is 3.44. The predicted molar refractivity (Wildman–Crippen MR) is 68.0 cm³/mol. The summed E-state index contributed by atoms with van der Waals surface area (Å²) in [5, 5.41) is 1.39. The van der Waals surface area contributed by atoms with Crippen LogP contribution in [0.3, 0.4) is 0 Å². The summed E-state index contributed by atoms with van der Waals surface area (Å²) in [7, 11) is -3.44. The van der Waals surface area contributed by atoms with Crippen molar-refractivity contribution in [1.82, 2.24) is 0 Å². The van der Waals surface area contributed by atoms with Gasteiger partial charge in [-0.1, -0.05) is 0 Å². The van der Waals surface area contributed by atoms with Gasteiger partial charge in [-0.05, 0) is 32.2 Å². The number of carbonyl (C=O) groups excluding carboxylic acids is 1. The lowest BCUT2D eigenvalue weighted by Crippen LogP contribution is -2.23. The molecule has 1 rings (SSSR count). The number of esters is 1. The number of thiophene rings is 1. The molecule has 0 aliphatic carbocycles. The van der Waals surface area contributed by atoms with E-state index in [0.717, 1.165) is 11.3 Å². The largest absolute Gasteiger partial charge is 0.462 e. The van der Waals surface area contributed by atoms with E-state index >= 15 is 0 Å². The topological polar surface area (TPSA) is 72.5 Å². The van der Waals surface area contributed by atoms with Gasteiger partial charge >= 0.3 is 5.97 Å². The summed E-state index contributed by atoms with van der Waals surface area (Å²) in [6.45, 7) is 5.09. The normalized spacial score (nSPS) is 11.5. The second-order valence-electron chi connectivity index (χ2n) is 3.58. The van der Waals surface area contributed by atoms with Crippen LogP contribution in [-0.2, 0) is 14.8 Å². The van der Waals surface area contributed by atoms with Crippen LogP contribution in [0.25, 0.3) is 0 Å². The van der Waals surface area contributed by atoms with Gasteiger partial charge in [-0.15, -0.1) is 11.3 Å². The highest BCUT2D eigenvalue weighted by Crippen LogP contribution is 2.25. The number of carbonyl (C=O) groups is 1. The first kappa shape index (κ1) is 14.0. The first-order valence-electron chi connectivity index (χ1n) is 5.14. The Kier molecular flexibility index (Phi) is 4.53. The molecule has 0 fully saturated rings. The van der Waals surface area contributed by atoms with Crippen LogP contribution in [0, 0.1) is 0 Å². The quantitative estimate of drug-likeness (QED) is 0.836. The van der Waals surface area contributed by atoms with Gasteiger partial charge < -0.3 is 4.74 Å². The summed E-state index contributed by atoms with van der Waals surface area (Å²) in [6.07, 6.45) is 0. The molecule has 0 aromatic carbocycles. The molecule has 0 aliphatic heterocycles. The number of sulfonamides is 1. The van der Waals surface area contributed by atoms with E-state index in [1.807, 2.05) is 0 Å². The summed E-state index contributed by atoms with van der Waals surface area (Å²) in [6, 6.07) is 1.54. The molecule has 1 aromatic heterocycles. The maximum Gasteiger partial charge on any atom is 0.341 e. The van der Waals surface area contributed by atoms with Gasteiger partial charge in [-0.3, -0.25) is 4.72 Å². The van der Waals surface area contributed by atoms with E-state index in [2.05, 4.69) is 4.72 Å². The Labute approximate surface area is 105 Å². The molecule has 0 bridgehead atoms. The number of ether oxygens (including phenoxy) is 1. The zero-order valence-corrected chi connectivity index (χ0v) is 11.5. The minimum atomic E-state index is -3.44. The molecular formula is C10H15NO4S2. The third-order valence-electron chi connectivity index (χ3n) is 2.02. The second kappa shape index (κ2) is 5.50. The van der Waals surface area contributed by atoms with E-state index in [4.69, 9.17) is 4.74 Å². The van der Waals surface area contributed by atoms with Crippen LogP contribution in [0.5, 0.6) is 0 Å². The minimum Gasteiger partial charge on any atom is -0.462 e. The van der Waals surface area contributed by atoms with Crippen molar-refractivity contribution in [3.63, 3.8) is 0 Å². The van der Waals surface area contributed by atoms with Crippen LogP contribution in [0.15, 0.2) is 11.4 Å². The molecule has 0 atom stereocenters. The van der Waals surface area contributed by atoms with E-state index in [1.54, 1.807) is 32.2 Å². The Morgan fingerprint density at radius 3 is 2.71 bits per heavy atom. The molecule has 5 nitrogen and oxygen atoms in total. The predicted octanol–water partition coefficient (Wildman–Crippen LogP) is 2.07. The van der Waals surface area contributed by atoms with Crippen LogP contribution in [-0.4, -0.2) is 26.2 Å². The maximum atomic E-state index is 11.7. The number of hydrogen-bond donors (Lipinski definition) is 1. The standard InChI is InChI=1S/C10H15NO4S2/c1-4-15-10(12)8-5-6-16-9(8)11-17(13,14)7(2)3/h5-7,11H,4H2,1-3H3. The smallest absolute Gasteiger partial charge is 0.341 e. The van der Waals surface area contributed by atoms with Crippen LogP contribution in [0.1, 0.15) is 31.1 Å². The number of rotatable bonds is 5. The maximum absolute atomic E-state index is 11.7. The van der Waals surface area contributed by atoms with Crippen LogP contribution >= 0.6 is 11.3 Å². The molecule has 1 N–H and O–H groups in total. The summed E-state index contributed by atoms with van der Waals surface area (Å²) < 4.78 is 30.6. The van der Waals surface area contributed by atoms with Gasteiger partial charge in [0, 0.05) is 0 Å². The molecule has 0 amide bonds. The van der Waals surface area contributed by atoms with Crippen molar-refractivity contribution in [2.45, 2.75) is 26.0 Å². The van der Waals surface area contributed by atoms with E-state index in [0.29, 0.717) is 5.00 Å². The van der Waals surface area contributed by atoms with Gasteiger partial charge in [0.15, 0.2) is 0 Å². The monoisotopic (exact) mass is 277 g/mol. The van der Waals surface area contributed by atoms with Gasteiger partial charge in [0.2, 0.25) is 10.0 Å². The fourth-order valence-electron chi connectivity index (χ4n) is 1.00. The SMILES string of the molecule is CCOC(=O)c1ccsc1NS(=O)(=O)C(C)C. The third-order valence-corrected chi connectivity index (χ3v) is 4.71. The lowest BCUT2D eigenvalue weighted by Gasteiger charge is -2.10. The number of anilines is 1. The summed E-state index contributed by atoms with van der Waals surface area (Å²) in [5.74, 6) is -0.518. The lowest BCUT2D eigenvalue weighted by molar-refractivity contribution is 0.0528. The summed E-state index contributed by atoms with van der Waals surface area (Å²) >= 11 is 1.16. The zero-order chi connectivity index (χ0) is 13.1. The van der Waals surface area contributed by atoms with E-state index in [-0.39, 0.29) is 12.2 Å². The van der Waals surface area contributed by atoms with E-state index in [9.17, 15) is 13.2 Å². The molecule has 1 heterocycles. The van der Waals surface area contributed by atoms with Crippen LogP contribution < -0.4 is 4.72 Å². The van der Waals surface area contributed by atoms with Crippen molar-refractivity contribution in [3.8, 4) is 0 Å². The molecule has 0 saturated heterocycles. The summed E-state index contributed by atoms with van der Waals surface area (Å²) in [5.41, 5.74) is 0.251. The fourth-order valence-corrected chi connectivity index (χ4v) is 2.77. The van der Waals surface area contributed by atoms with Gasteiger partial charge in [0.1, 0.15) is 5.00 Å². The van der Waals surface area contributed by atoms with Gasteiger partial charge in [-0.2, -0.15) is 0 Å². The zero-order valence-electron chi connectivity index (χ0n) is 9.89. The number of hydrogen-bond acceptors (Lipinski definition) is 5. The molecule has 7 heteroatoms. The van der Waals surface area contributed by atoms with Crippen molar-refractivity contribution in [2.75, 3.05) is 11.3 Å². The van der Waals surface area contributed by atoms with Crippen LogP contribution in [0.2, 0.25) is 0 Å². The average molecular weight is 277 g/mol. The lowest BCUT2D eigenvalue weighted by atomic mass is 10.3. The Hall–Kier alpha value is -1.08. The molecule has 0 spiro atoms. The molecule has 1 aromatic rings. The first-order valence-corrected chi connectivity index (χ1v) is 7.57. The highest BCUT2D eigenvalue weighted by atomic mass is 32.2. The molecule has 0 aliphatic rings. The van der Waals surface area contributed by atoms with Crippen molar-refractivity contribution >= 4 is 32.3 Å². The Morgan fingerprint density at radius 1 is 1.53 bits per heavy atom. The minimum absolute atomic E-state index is 0.251. The van der Waals surface area contributed by atoms with Crippen molar-refractivity contribution in [3.05, 3.63) is 17.0 Å². The van der Waals surface area contributed by atoms with Gasteiger partial charge in [0.05, 0.1) is 17.4 Å². The number of nitrogens with one attached hydrogen (secondary N) is 1. The summed E-state index contributed by atoms with van der Waals surface area (Å²) in [4.78, 5) is 11.5. The molecule has 0 saturated carbocycles. The van der Waals surface area contributed by atoms with Gasteiger partial charge in [0.25, 0.3) is 0 Å². The molecule has 17 heavy (non-hydrogen) atoms. The van der Waals surface area contributed by atoms with Crippen LogP contribution in [0.4, 0.5) is 5.00 Å². The Bertz CT molecular complexity index is 490. The Morgan fingerprint density at radius 2 is 2.18 bits per heavy atom. The van der Waals surface area contributed by atoms with Crippen molar-refractivity contribution in [1.29, 1.82) is 0 Å². The molecular weight excluding hydrogens is 262 g/mol. The van der Waals surface area contributed by atoms with Crippen molar-refractivity contribution in [2.24, 2.45) is 0 Å². The highest BCUT2D eigenvalue weighted by molar-refractivity contribution is 7.93. The van der Waals surface area contributed by atoms with Gasteiger partial charge in [-0.25, -0.2) is 13.2 Å². The molecule has 96 valence electrons. The molecule has 0 unspecified atom stereocenters. The van der Waals surface area contributed by atoms with E-state index in [1.165, 1.54) is 0 Å². The highest BCUT2D eigenvalue weighted by Gasteiger charge is 2.21. The first-order chi connectivity index (χ1) is 7.88. The Balaban J connectivity index is 2.94. The van der Waals surface area contributed by atoms with E-state index < -0.39 is 21.2 Å². The van der Waals surface area contributed by atoms with Crippen molar-refractivity contribution < 1.29 is 17.9 Å².